The molecule has 1 aromatic carbocycles. The van der Waals surface area contributed by atoms with Gasteiger partial charge in [-0.1, -0.05) is 17.7 Å². The van der Waals surface area contributed by atoms with Crippen molar-refractivity contribution in [2.24, 2.45) is 5.14 Å². The minimum Gasteiger partial charge on any atom is -0.336 e. The van der Waals surface area contributed by atoms with Crippen LogP contribution in [0, 0.1) is 0 Å². The van der Waals surface area contributed by atoms with Crippen molar-refractivity contribution in [1.82, 2.24) is 9.21 Å². The molecule has 1 amide bonds. The van der Waals surface area contributed by atoms with Crippen molar-refractivity contribution >= 4 is 27.7 Å². The number of nitrogens with zero attached hydrogens (tertiary/aromatic N) is 2. The number of piperazine rings is 1. The summed E-state index contributed by atoms with van der Waals surface area (Å²) >= 11 is 5.84. The summed E-state index contributed by atoms with van der Waals surface area (Å²) in [5.41, 5.74) is 0.497. The van der Waals surface area contributed by atoms with Gasteiger partial charge in [-0.25, -0.2) is 5.14 Å². The van der Waals surface area contributed by atoms with Crippen molar-refractivity contribution in [1.29, 1.82) is 0 Å². The summed E-state index contributed by atoms with van der Waals surface area (Å²) in [6.07, 6.45) is 0. The molecular formula is C11H14ClN3O3S. The molecule has 1 aliphatic rings. The zero-order valence-corrected chi connectivity index (χ0v) is 11.7. The van der Waals surface area contributed by atoms with Gasteiger partial charge in [0.25, 0.3) is 16.1 Å². The molecule has 0 atom stereocenters. The van der Waals surface area contributed by atoms with Gasteiger partial charge in [-0.3, -0.25) is 4.79 Å². The first-order chi connectivity index (χ1) is 8.88. The van der Waals surface area contributed by atoms with Crippen LogP contribution in [0.3, 0.4) is 0 Å². The van der Waals surface area contributed by atoms with Crippen LogP contribution in [0.2, 0.25) is 5.02 Å². The zero-order chi connectivity index (χ0) is 14.0. The molecule has 0 unspecified atom stereocenters. The van der Waals surface area contributed by atoms with Crippen molar-refractivity contribution in [3.63, 3.8) is 0 Å². The van der Waals surface area contributed by atoms with Crippen LogP contribution >= 0.6 is 11.6 Å². The molecule has 0 spiro atoms. The zero-order valence-electron chi connectivity index (χ0n) is 10.1. The van der Waals surface area contributed by atoms with Gasteiger partial charge in [0.2, 0.25) is 0 Å². The second-order valence-corrected chi connectivity index (χ2v) is 6.23. The lowest BCUT2D eigenvalue weighted by molar-refractivity contribution is 0.0698. The van der Waals surface area contributed by atoms with Crippen molar-refractivity contribution < 1.29 is 13.2 Å². The standard InChI is InChI=1S/C11H14ClN3O3S/c12-10-3-1-2-9(8-10)11(16)14-4-6-15(7-5-14)19(13,17)18/h1-3,8H,4-7H2,(H2,13,17,18). The maximum atomic E-state index is 12.2. The topological polar surface area (TPSA) is 83.7 Å². The highest BCUT2D eigenvalue weighted by atomic mass is 35.5. The number of rotatable bonds is 2. The minimum atomic E-state index is -3.67. The number of benzene rings is 1. The third kappa shape index (κ3) is 3.44. The molecule has 1 aromatic rings. The molecular weight excluding hydrogens is 290 g/mol. The van der Waals surface area contributed by atoms with Crippen LogP contribution in [0.25, 0.3) is 0 Å². The van der Waals surface area contributed by atoms with E-state index in [4.69, 9.17) is 16.7 Å². The van der Waals surface area contributed by atoms with E-state index in [1.165, 1.54) is 0 Å². The van der Waals surface area contributed by atoms with Crippen LogP contribution in [0.15, 0.2) is 24.3 Å². The van der Waals surface area contributed by atoms with Gasteiger partial charge in [0.1, 0.15) is 0 Å². The Bertz CT molecular complexity index is 583. The Kier molecular flexibility index (Phi) is 4.10. The number of hydrogen-bond acceptors (Lipinski definition) is 3. The number of hydrogen-bond donors (Lipinski definition) is 1. The van der Waals surface area contributed by atoms with Gasteiger partial charge in [-0.05, 0) is 18.2 Å². The van der Waals surface area contributed by atoms with Gasteiger partial charge >= 0.3 is 0 Å². The molecule has 0 aliphatic carbocycles. The third-order valence-electron chi connectivity index (χ3n) is 2.96. The Labute approximate surface area is 116 Å². The summed E-state index contributed by atoms with van der Waals surface area (Å²) < 4.78 is 23.5. The molecule has 0 radical (unpaired) electrons. The molecule has 6 nitrogen and oxygen atoms in total. The van der Waals surface area contributed by atoms with Gasteiger partial charge in [0, 0.05) is 36.8 Å². The molecule has 1 fully saturated rings. The molecule has 19 heavy (non-hydrogen) atoms. The summed E-state index contributed by atoms with van der Waals surface area (Å²) in [4.78, 5) is 13.8. The largest absolute Gasteiger partial charge is 0.336 e. The average Bonchev–Trinajstić information content (AvgIpc) is 2.37. The minimum absolute atomic E-state index is 0.156. The van der Waals surface area contributed by atoms with Gasteiger partial charge in [0.05, 0.1) is 0 Å². The fourth-order valence-electron chi connectivity index (χ4n) is 1.95. The van der Waals surface area contributed by atoms with E-state index in [2.05, 4.69) is 0 Å². The first-order valence-corrected chi connectivity index (χ1v) is 7.59. The number of amides is 1. The third-order valence-corrected chi connectivity index (χ3v) is 4.28. The Hall–Kier alpha value is -1.15. The number of nitrogens with two attached hydrogens (primary N) is 1. The molecule has 1 heterocycles. The van der Waals surface area contributed by atoms with Gasteiger partial charge in [-0.15, -0.1) is 0 Å². The molecule has 104 valence electrons. The van der Waals surface area contributed by atoms with E-state index in [-0.39, 0.29) is 19.0 Å². The van der Waals surface area contributed by atoms with Crippen molar-refractivity contribution in [2.75, 3.05) is 26.2 Å². The highest BCUT2D eigenvalue weighted by molar-refractivity contribution is 7.86. The van der Waals surface area contributed by atoms with Gasteiger partial charge in [0.15, 0.2) is 0 Å². The van der Waals surface area contributed by atoms with E-state index < -0.39 is 10.2 Å². The van der Waals surface area contributed by atoms with Crippen LogP contribution < -0.4 is 5.14 Å². The van der Waals surface area contributed by atoms with E-state index in [0.717, 1.165) is 4.31 Å². The van der Waals surface area contributed by atoms with E-state index in [0.29, 0.717) is 23.7 Å². The number of halogens is 1. The quantitative estimate of drug-likeness (QED) is 0.853. The summed E-state index contributed by atoms with van der Waals surface area (Å²) in [5.74, 6) is -0.156. The van der Waals surface area contributed by atoms with Crippen LogP contribution in [0.1, 0.15) is 10.4 Å². The maximum absolute atomic E-state index is 12.2. The van der Waals surface area contributed by atoms with Gasteiger partial charge in [-0.2, -0.15) is 12.7 Å². The molecule has 0 bridgehead atoms. The Balaban J connectivity index is 2.04. The first-order valence-electron chi connectivity index (χ1n) is 5.70. The van der Waals surface area contributed by atoms with Crippen molar-refractivity contribution in [3.8, 4) is 0 Å². The normalized spacial score (nSPS) is 17.5. The predicted molar refractivity (Wildman–Crippen MR) is 72.0 cm³/mol. The average molecular weight is 304 g/mol. The van der Waals surface area contributed by atoms with E-state index in [1.807, 2.05) is 0 Å². The van der Waals surface area contributed by atoms with Crippen LogP contribution in [-0.2, 0) is 10.2 Å². The Morgan fingerprint density at radius 3 is 2.37 bits per heavy atom. The highest BCUT2D eigenvalue weighted by Crippen LogP contribution is 2.14. The molecule has 8 heteroatoms. The fourth-order valence-corrected chi connectivity index (χ4v) is 2.81. The monoisotopic (exact) mass is 303 g/mol. The maximum Gasteiger partial charge on any atom is 0.277 e. The second-order valence-electron chi connectivity index (χ2n) is 4.25. The van der Waals surface area contributed by atoms with E-state index in [9.17, 15) is 13.2 Å². The molecule has 0 aromatic heterocycles. The summed E-state index contributed by atoms with van der Waals surface area (Å²) in [7, 11) is -3.67. The van der Waals surface area contributed by atoms with E-state index >= 15 is 0 Å². The smallest absolute Gasteiger partial charge is 0.277 e. The molecule has 2 N–H and O–H groups in total. The fraction of sp³-hybridized carbons (Fsp3) is 0.364. The lowest BCUT2D eigenvalue weighted by atomic mass is 10.2. The lowest BCUT2D eigenvalue weighted by Crippen LogP contribution is -2.52. The molecule has 2 rings (SSSR count). The van der Waals surface area contributed by atoms with Crippen molar-refractivity contribution in [3.05, 3.63) is 34.9 Å². The summed E-state index contributed by atoms with van der Waals surface area (Å²) in [6, 6.07) is 6.67. The first kappa shape index (κ1) is 14.3. The SMILES string of the molecule is NS(=O)(=O)N1CCN(C(=O)c2cccc(Cl)c2)CC1. The van der Waals surface area contributed by atoms with E-state index in [1.54, 1.807) is 29.2 Å². The second kappa shape index (κ2) is 5.46. The summed E-state index contributed by atoms with van der Waals surface area (Å²) in [5, 5.41) is 5.53. The number of carbonyl (C=O) groups is 1. The Morgan fingerprint density at radius 2 is 1.84 bits per heavy atom. The van der Waals surface area contributed by atoms with Crippen LogP contribution in [0.4, 0.5) is 0 Å². The van der Waals surface area contributed by atoms with Crippen LogP contribution in [0.5, 0.6) is 0 Å². The molecule has 1 saturated heterocycles. The number of carbonyl (C=O) groups excluding carboxylic acids is 1. The van der Waals surface area contributed by atoms with Gasteiger partial charge < -0.3 is 4.90 Å². The molecule has 0 saturated carbocycles. The summed E-state index contributed by atoms with van der Waals surface area (Å²) in [6.45, 7) is 1.07. The Morgan fingerprint density at radius 1 is 1.21 bits per heavy atom. The lowest BCUT2D eigenvalue weighted by Gasteiger charge is -2.33. The molecule has 1 aliphatic heterocycles. The van der Waals surface area contributed by atoms with Crippen LogP contribution in [-0.4, -0.2) is 49.7 Å². The predicted octanol–water partition coefficient (Wildman–Crippen LogP) is 0.301. The highest BCUT2D eigenvalue weighted by Gasteiger charge is 2.26. The van der Waals surface area contributed by atoms with Crippen molar-refractivity contribution in [2.45, 2.75) is 0 Å².